The lowest BCUT2D eigenvalue weighted by atomic mass is 9.97. The molecule has 2 N–H and O–H groups in total. The van der Waals surface area contributed by atoms with Gasteiger partial charge in [0, 0.05) is 18.0 Å². The molecule has 0 atom stereocenters. The Balaban J connectivity index is 2.21. The van der Waals surface area contributed by atoms with E-state index in [-0.39, 0.29) is 12.2 Å². The molecule has 0 spiro atoms. The number of nitrogens with zero attached hydrogens (tertiary/aromatic N) is 2. The van der Waals surface area contributed by atoms with Gasteiger partial charge < -0.3 is 10.4 Å². The first-order valence-corrected chi connectivity index (χ1v) is 8.08. The first-order valence-electron chi connectivity index (χ1n) is 7.27. The summed E-state index contributed by atoms with van der Waals surface area (Å²) in [6, 6.07) is 0. The third-order valence-electron chi connectivity index (χ3n) is 3.78. The lowest BCUT2D eigenvalue weighted by Crippen LogP contribution is -2.25. The SMILES string of the molecule is C=CCn1c(NCCO)nc2sc3c(c2c1=O)CCCC3. The molecule has 5 nitrogen and oxygen atoms in total. The molecule has 1 aliphatic carbocycles. The van der Waals surface area contributed by atoms with E-state index in [4.69, 9.17) is 5.11 Å². The first kappa shape index (κ1) is 14.3. The van der Waals surface area contributed by atoms with E-state index in [1.165, 1.54) is 16.9 Å². The van der Waals surface area contributed by atoms with Crippen LogP contribution >= 0.6 is 11.3 Å². The fourth-order valence-corrected chi connectivity index (χ4v) is 4.09. The molecule has 0 radical (unpaired) electrons. The Labute approximate surface area is 126 Å². The van der Waals surface area contributed by atoms with Gasteiger partial charge in [-0.3, -0.25) is 9.36 Å². The van der Waals surface area contributed by atoms with E-state index in [2.05, 4.69) is 16.9 Å². The summed E-state index contributed by atoms with van der Waals surface area (Å²) in [6.45, 7) is 4.51. The van der Waals surface area contributed by atoms with Crippen LogP contribution in [0.3, 0.4) is 0 Å². The Morgan fingerprint density at radius 3 is 3.00 bits per heavy atom. The van der Waals surface area contributed by atoms with Gasteiger partial charge in [0.05, 0.1) is 12.0 Å². The highest BCUT2D eigenvalue weighted by Crippen LogP contribution is 2.34. The highest BCUT2D eigenvalue weighted by atomic mass is 32.1. The molecule has 0 amide bonds. The summed E-state index contributed by atoms with van der Waals surface area (Å²) < 4.78 is 1.60. The molecule has 0 saturated heterocycles. The van der Waals surface area contributed by atoms with Crippen LogP contribution in [0.25, 0.3) is 10.2 Å². The number of anilines is 1. The zero-order valence-corrected chi connectivity index (χ0v) is 12.7. The Bertz CT molecular complexity index is 733. The molecule has 2 aromatic heterocycles. The number of hydrogen-bond acceptors (Lipinski definition) is 5. The first-order chi connectivity index (χ1) is 10.3. The van der Waals surface area contributed by atoms with Gasteiger partial charge in [0.1, 0.15) is 4.83 Å². The minimum Gasteiger partial charge on any atom is -0.395 e. The monoisotopic (exact) mass is 305 g/mol. The number of fused-ring (bicyclic) bond motifs is 3. The Morgan fingerprint density at radius 1 is 1.43 bits per heavy atom. The van der Waals surface area contributed by atoms with Crippen molar-refractivity contribution in [2.24, 2.45) is 0 Å². The maximum absolute atomic E-state index is 12.8. The summed E-state index contributed by atoms with van der Waals surface area (Å²) in [5.74, 6) is 0.514. The molecule has 0 aromatic carbocycles. The van der Waals surface area contributed by atoms with Crippen LogP contribution in [-0.2, 0) is 19.4 Å². The highest BCUT2D eigenvalue weighted by Gasteiger charge is 2.21. The normalized spacial score (nSPS) is 14.1. The third-order valence-corrected chi connectivity index (χ3v) is 4.97. The molecule has 0 aliphatic heterocycles. The van der Waals surface area contributed by atoms with Crippen molar-refractivity contribution < 1.29 is 5.11 Å². The summed E-state index contributed by atoms with van der Waals surface area (Å²) in [5, 5.41) is 12.8. The van der Waals surface area contributed by atoms with Crippen molar-refractivity contribution >= 4 is 27.5 Å². The van der Waals surface area contributed by atoms with Crippen LogP contribution in [0.1, 0.15) is 23.3 Å². The number of rotatable bonds is 5. The zero-order chi connectivity index (χ0) is 14.8. The molecule has 1 aliphatic rings. The second-order valence-corrected chi connectivity index (χ2v) is 6.26. The number of aromatic nitrogens is 2. The van der Waals surface area contributed by atoms with E-state index in [1.807, 2.05) is 0 Å². The molecule has 21 heavy (non-hydrogen) atoms. The van der Waals surface area contributed by atoms with Crippen molar-refractivity contribution in [1.29, 1.82) is 0 Å². The van der Waals surface area contributed by atoms with Crippen molar-refractivity contribution in [2.75, 3.05) is 18.5 Å². The third kappa shape index (κ3) is 2.49. The number of allylic oxidation sites excluding steroid dienone is 1. The number of aliphatic hydroxyl groups is 1. The average molecular weight is 305 g/mol. The van der Waals surface area contributed by atoms with E-state index in [0.29, 0.717) is 19.0 Å². The van der Waals surface area contributed by atoms with Crippen molar-refractivity contribution in [1.82, 2.24) is 9.55 Å². The molecule has 0 bridgehead atoms. The molecule has 2 heterocycles. The standard InChI is InChI=1S/C15H19N3O2S/c1-2-8-18-14(20)12-10-5-3-4-6-11(10)21-13(12)17-15(18)16-7-9-19/h2,19H,1,3-9H2,(H,16,17). The number of thiophene rings is 1. The van der Waals surface area contributed by atoms with E-state index in [9.17, 15) is 4.79 Å². The Kier molecular flexibility index (Phi) is 4.07. The summed E-state index contributed by atoms with van der Waals surface area (Å²) >= 11 is 1.64. The second-order valence-electron chi connectivity index (χ2n) is 5.18. The van der Waals surface area contributed by atoms with Gasteiger partial charge >= 0.3 is 0 Å². The van der Waals surface area contributed by atoms with Crippen molar-refractivity contribution in [3.63, 3.8) is 0 Å². The van der Waals surface area contributed by atoms with Crippen LogP contribution < -0.4 is 10.9 Å². The van der Waals surface area contributed by atoms with Crippen LogP contribution in [0.4, 0.5) is 5.95 Å². The molecule has 3 rings (SSSR count). The smallest absolute Gasteiger partial charge is 0.264 e. The van der Waals surface area contributed by atoms with E-state index < -0.39 is 0 Å². The number of hydrogen-bond donors (Lipinski definition) is 2. The van der Waals surface area contributed by atoms with E-state index in [0.717, 1.165) is 29.5 Å². The molecular weight excluding hydrogens is 286 g/mol. The van der Waals surface area contributed by atoms with E-state index >= 15 is 0 Å². The maximum Gasteiger partial charge on any atom is 0.264 e. The van der Waals surface area contributed by atoms with Gasteiger partial charge in [-0.05, 0) is 31.2 Å². The molecule has 0 saturated carbocycles. The second kappa shape index (κ2) is 5.99. The fraction of sp³-hybridized carbons (Fsp3) is 0.467. The minimum absolute atomic E-state index is 0.000241. The van der Waals surface area contributed by atoms with Crippen LogP contribution in [0.2, 0.25) is 0 Å². The predicted octanol–water partition coefficient (Wildman–Crippen LogP) is 1.93. The van der Waals surface area contributed by atoms with Gasteiger partial charge in [-0.15, -0.1) is 17.9 Å². The van der Waals surface area contributed by atoms with Gasteiger partial charge in [-0.2, -0.15) is 0 Å². The van der Waals surface area contributed by atoms with Crippen molar-refractivity contribution in [3.8, 4) is 0 Å². The van der Waals surface area contributed by atoms with Crippen LogP contribution in [0.5, 0.6) is 0 Å². The summed E-state index contributed by atoms with van der Waals surface area (Å²) in [6.07, 6.45) is 6.05. The van der Waals surface area contributed by atoms with Crippen molar-refractivity contribution in [3.05, 3.63) is 33.4 Å². The summed E-state index contributed by atoms with van der Waals surface area (Å²) in [7, 11) is 0. The zero-order valence-electron chi connectivity index (χ0n) is 11.9. The van der Waals surface area contributed by atoms with Gasteiger partial charge in [-0.1, -0.05) is 6.08 Å². The summed E-state index contributed by atoms with van der Waals surface area (Å²) in [4.78, 5) is 19.5. The molecular formula is C15H19N3O2S. The Hall–Kier alpha value is -1.66. The topological polar surface area (TPSA) is 67.2 Å². The quantitative estimate of drug-likeness (QED) is 0.828. The summed E-state index contributed by atoms with van der Waals surface area (Å²) in [5.41, 5.74) is 1.20. The molecule has 0 fully saturated rings. The van der Waals surface area contributed by atoms with E-state index in [1.54, 1.807) is 22.0 Å². The van der Waals surface area contributed by atoms with Crippen LogP contribution in [0.15, 0.2) is 17.4 Å². The van der Waals surface area contributed by atoms with Gasteiger partial charge in [-0.25, -0.2) is 4.98 Å². The average Bonchev–Trinajstić information content (AvgIpc) is 2.86. The lowest BCUT2D eigenvalue weighted by Gasteiger charge is -2.13. The predicted molar refractivity (Wildman–Crippen MR) is 86.3 cm³/mol. The van der Waals surface area contributed by atoms with Crippen LogP contribution in [-0.4, -0.2) is 27.8 Å². The molecule has 0 unspecified atom stereocenters. The molecule has 6 heteroatoms. The van der Waals surface area contributed by atoms with Crippen molar-refractivity contribution in [2.45, 2.75) is 32.2 Å². The number of nitrogens with one attached hydrogen (secondary N) is 1. The minimum atomic E-state index is -0.000241. The molecule has 112 valence electrons. The largest absolute Gasteiger partial charge is 0.395 e. The lowest BCUT2D eigenvalue weighted by molar-refractivity contribution is 0.310. The van der Waals surface area contributed by atoms with Gasteiger partial charge in [0.15, 0.2) is 0 Å². The van der Waals surface area contributed by atoms with Crippen LogP contribution in [0, 0.1) is 0 Å². The Morgan fingerprint density at radius 2 is 2.24 bits per heavy atom. The molecule has 2 aromatic rings. The number of aryl methyl sites for hydroxylation is 2. The fourth-order valence-electron chi connectivity index (χ4n) is 2.84. The highest BCUT2D eigenvalue weighted by molar-refractivity contribution is 7.18. The maximum atomic E-state index is 12.8. The van der Waals surface area contributed by atoms with Gasteiger partial charge in [0.25, 0.3) is 5.56 Å². The van der Waals surface area contributed by atoms with Gasteiger partial charge in [0.2, 0.25) is 5.95 Å². The number of aliphatic hydroxyl groups excluding tert-OH is 1.